The first-order valence-electron chi connectivity index (χ1n) is 7.20. The number of nitrogens with one attached hydrogen (secondary N) is 1. The molecule has 0 saturated heterocycles. The second kappa shape index (κ2) is 6.59. The van der Waals surface area contributed by atoms with E-state index in [1.165, 1.54) is 22.8 Å². The van der Waals surface area contributed by atoms with Crippen LogP contribution in [0.2, 0.25) is 5.02 Å². The van der Waals surface area contributed by atoms with Crippen molar-refractivity contribution in [1.29, 1.82) is 0 Å². The minimum absolute atomic E-state index is 0.0262. The zero-order chi connectivity index (χ0) is 15.6. The van der Waals surface area contributed by atoms with E-state index >= 15 is 0 Å². The summed E-state index contributed by atoms with van der Waals surface area (Å²) in [5, 5.41) is 3.93. The molecule has 2 aromatic carbocycles. The van der Waals surface area contributed by atoms with Crippen LogP contribution in [-0.4, -0.2) is 6.54 Å². The normalized spacial score (nSPS) is 12.5. The molecule has 0 bridgehead atoms. The maximum Gasteiger partial charge on any atom is 0.127 e. The molecule has 0 spiro atoms. The van der Waals surface area contributed by atoms with Crippen LogP contribution in [0.5, 0.6) is 0 Å². The number of hydrogen-bond acceptors (Lipinski definition) is 1. The summed E-state index contributed by atoms with van der Waals surface area (Å²) in [6, 6.07) is 9.46. The second-order valence-corrected chi connectivity index (χ2v) is 5.81. The summed E-state index contributed by atoms with van der Waals surface area (Å²) >= 11 is 6.29. The van der Waals surface area contributed by atoms with Crippen LogP contribution in [0, 0.1) is 26.6 Å². The van der Waals surface area contributed by atoms with Gasteiger partial charge in [-0.3, -0.25) is 0 Å². The Morgan fingerprint density at radius 3 is 2.48 bits per heavy atom. The fourth-order valence-electron chi connectivity index (χ4n) is 2.58. The lowest BCUT2D eigenvalue weighted by Gasteiger charge is -2.23. The predicted molar refractivity (Wildman–Crippen MR) is 87.6 cm³/mol. The van der Waals surface area contributed by atoms with Crippen molar-refractivity contribution in [2.75, 3.05) is 6.54 Å². The highest BCUT2D eigenvalue weighted by Crippen LogP contribution is 2.32. The van der Waals surface area contributed by atoms with Gasteiger partial charge in [0.05, 0.1) is 6.04 Å². The van der Waals surface area contributed by atoms with Crippen LogP contribution < -0.4 is 5.32 Å². The van der Waals surface area contributed by atoms with Gasteiger partial charge in [-0.1, -0.05) is 36.7 Å². The third-order valence-electron chi connectivity index (χ3n) is 3.95. The first-order valence-corrected chi connectivity index (χ1v) is 7.58. The molecule has 2 rings (SSSR count). The first kappa shape index (κ1) is 16.0. The van der Waals surface area contributed by atoms with Gasteiger partial charge >= 0.3 is 0 Å². The van der Waals surface area contributed by atoms with Crippen molar-refractivity contribution >= 4 is 11.6 Å². The number of benzene rings is 2. The van der Waals surface area contributed by atoms with Crippen molar-refractivity contribution in [2.24, 2.45) is 0 Å². The van der Waals surface area contributed by atoms with Crippen LogP contribution in [0.3, 0.4) is 0 Å². The van der Waals surface area contributed by atoms with E-state index in [9.17, 15) is 4.39 Å². The van der Waals surface area contributed by atoms with Gasteiger partial charge in [0.25, 0.3) is 0 Å². The summed E-state index contributed by atoms with van der Waals surface area (Å²) < 4.78 is 13.6. The van der Waals surface area contributed by atoms with Crippen molar-refractivity contribution in [3.8, 4) is 0 Å². The topological polar surface area (TPSA) is 12.0 Å². The molecule has 0 aromatic heterocycles. The Hall–Kier alpha value is -1.38. The van der Waals surface area contributed by atoms with E-state index in [2.05, 4.69) is 38.2 Å². The van der Waals surface area contributed by atoms with Gasteiger partial charge in [0.15, 0.2) is 0 Å². The van der Waals surface area contributed by atoms with Gasteiger partial charge in [-0.05, 0) is 67.3 Å². The molecule has 0 aliphatic rings. The molecule has 2 aromatic rings. The summed E-state index contributed by atoms with van der Waals surface area (Å²) in [4.78, 5) is 0. The van der Waals surface area contributed by atoms with Gasteiger partial charge < -0.3 is 5.32 Å². The van der Waals surface area contributed by atoms with E-state index in [0.717, 1.165) is 12.1 Å². The fraction of sp³-hybridized carbons (Fsp3) is 0.333. The lowest BCUT2D eigenvalue weighted by atomic mass is 9.92. The molecule has 0 heterocycles. The highest BCUT2D eigenvalue weighted by Gasteiger charge is 2.19. The van der Waals surface area contributed by atoms with Crippen LogP contribution in [0.25, 0.3) is 0 Å². The Labute approximate surface area is 131 Å². The molecule has 0 radical (unpaired) electrons. The van der Waals surface area contributed by atoms with E-state index in [4.69, 9.17) is 11.6 Å². The molecule has 112 valence electrons. The Bertz CT molecular complexity index is 652. The monoisotopic (exact) mass is 305 g/mol. The maximum absolute atomic E-state index is 13.6. The molecule has 0 aliphatic carbocycles. The van der Waals surface area contributed by atoms with E-state index < -0.39 is 0 Å². The highest BCUT2D eigenvalue weighted by atomic mass is 35.5. The molecular formula is C18H21ClFN. The van der Waals surface area contributed by atoms with Gasteiger partial charge in [-0.15, -0.1) is 0 Å². The van der Waals surface area contributed by atoms with Gasteiger partial charge in [-0.25, -0.2) is 4.39 Å². The van der Waals surface area contributed by atoms with Crippen molar-refractivity contribution < 1.29 is 4.39 Å². The molecule has 1 atom stereocenters. The van der Waals surface area contributed by atoms with Crippen molar-refractivity contribution in [1.82, 2.24) is 5.32 Å². The number of hydrogen-bond donors (Lipinski definition) is 1. The Morgan fingerprint density at radius 1 is 1.10 bits per heavy atom. The zero-order valence-electron chi connectivity index (χ0n) is 12.9. The summed E-state index contributed by atoms with van der Waals surface area (Å²) in [5.41, 5.74) is 5.20. The lowest BCUT2D eigenvalue weighted by Crippen LogP contribution is -2.23. The summed E-state index contributed by atoms with van der Waals surface area (Å²) in [6.07, 6.45) is 0. The van der Waals surface area contributed by atoms with E-state index in [1.54, 1.807) is 6.92 Å². The van der Waals surface area contributed by atoms with Crippen LogP contribution >= 0.6 is 11.6 Å². The average molecular weight is 306 g/mol. The van der Waals surface area contributed by atoms with E-state index in [0.29, 0.717) is 10.6 Å². The number of rotatable bonds is 4. The average Bonchev–Trinajstić information content (AvgIpc) is 2.44. The van der Waals surface area contributed by atoms with Gasteiger partial charge in [0.1, 0.15) is 5.82 Å². The summed E-state index contributed by atoms with van der Waals surface area (Å²) in [6.45, 7) is 8.84. The second-order valence-electron chi connectivity index (χ2n) is 5.40. The third-order valence-corrected chi connectivity index (χ3v) is 4.28. The molecule has 1 unspecified atom stereocenters. The quantitative estimate of drug-likeness (QED) is 0.828. The standard InChI is InChI=1S/C18H21ClFN/c1-5-21-18(14-8-6-7-11(2)13(14)4)15-9-12(3)17(20)10-16(15)19/h6-10,18,21H,5H2,1-4H3. The SMILES string of the molecule is CCNC(c1cc(C)c(F)cc1Cl)c1cccc(C)c1C. The summed E-state index contributed by atoms with van der Waals surface area (Å²) in [5.74, 6) is -0.264. The summed E-state index contributed by atoms with van der Waals surface area (Å²) in [7, 11) is 0. The van der Waals surface area contributed by atoms with Gasteiger partial charge in [-0.2, -0.15) is 0 Å². The van der Waals surface area contributed by atoms with Crippen molar-refractivity contribution in [3.05, 3.63) is 69.0 Å². The smallest absolute Gasteiger partial charge is 0.127 e. The van der Waals surface area contributed by atoms with Crippen LogP contribution in [0.1, 0.15) is 40.8 Å². The maximum atomic E-state index is 13.6. The minimum atomic E-state index is -0.264. The molecule has 0 amide bonds. The molecule has 0 aliphatic heterocycles. The number of halogens is 2. The highest BCUT2D eigenvalue weighted by molar-refractivity contribution is 6.31. The van der Waals surface area contributed by atoms with Crippen LogP contribution in [0.4, 0.5) is 4.39 Å². The molecule has 0 saturated carbocycles. The Morgan fingerprint density at radius 2 is 1.81 bits per heavy atom. The van der Waals surface area contributed by atoms with Gasteiger partial charge in [0.2, 0.25) is 0 Å². The van der Waals surface area contributed by atoms with Crippen LogP contribution in [-0.2, 0) is 0 Å². The Kier molecular flexibility index (Phi) is 5.02. The van der Waals surface area contributed by atoms with Gasteiger partial charge in [0, 0.05) is 5.02 Å². The predicted octanol–water partition coefficient (Wildman–Crippen LogP) is 5.10. The minimum Gasteiger partial charge on any atom is -0.306 e. The molecular weight excluding hydrogens is 285 g/mol. The van der Waals surface area contributed by atoms with Crippen molar-refractivity contribution in [2.45, 2.75) is 33.7 Å². The zero-order valence-corrected chi connectivity index (χ0v) is 13.7. The molecule has 21 heavy (non-hydrogen) atoms. The fourth-order valence-corrected chi connectivity index (χ4v) is 2.84. The first-order chi connectivity index (χ1) is 9.95. The lowest BCUT2D eigenvalue weighted by molar-refractivity contribution is 0.605. The largest absolute Gasteiger partial charge is 0.306 e. The Balaban J connectivity index is 2.59. The molecule has 1 nitrogen and oxygen atoms in total. The van der Waals surface area contributed by atoms with Crippen molar-refractivity contribution in [3.63, 3.8) is 0 Å². The molecule has 1 N–H and O–H groups in total. The van der Waals surface area contributed by atoms with Crippen LogP contribution in [0.15, 0.2) is 30.3 Å². The third kappa shape index (κ3) is 3.28. The molecule has 3 heteroatoms. The van der Waals surface area contributed by atoms with E-state index in [-0.39, 0.29) is 11.9 Å². The molecule has 0 fully saturated rings. The number of aryl methyl sites for hydroxylation is 2. The van der Waals surface area contributed by atoms with E-state index in [1.807, 2.05) is 12.1 Å².